The summed E-state index contributed by atoms with van der Waals surface area (Å²) in [5.41, 5.74) is -0.830. The quantitative estimate of drug-likeness (QED) is 0.488. The minimum absolute atomic E-state index is 0.112. The van der Waals surface area contributed by atoms with Gasteiger partial charge in [0.15, 0.2) is 0 Å². The van der Waals surface area contributed by atoms with Gasteiger partial charge >= 0.3 is 12.5 Å². The molecule has 2 rings (SSSR count). The molecule has 0 saturated carbocycles. The molecule has 2 aromatic rings. The molecule has 0 aliphatic rings. The van der Waals surface area contributed by atoms with Crippen molar-refractivity contribution in [2.75, 3.05) is 6.61 Å². The van der Waals surface area contributed by atoms with Crippen molar-refractivity contribution >= 4 is 0 Å². The highest BCUT2D eigenvalue weighted by molar-refractivity contribution is 5.29. The van der Waals surface area contributed by atoms with Crippen molar-refractivity contribution in [1.29, 1.82) is 0 Å². The van der Waals surface area contributed by atoms with E-state index in [-0.39, 0.29) is 12.0 Å². The molecule has 28 heavy (non-hydrogen) atoms. The van der Waals surface area contributed by atoms with Gasteiger partial charge in [0.1, 0.15) is 22.9 Å². The topological polar surface area (TPSA) is 18.5 Å². The first-order valence-electron chi connectivity index (χ1n) is 8.36. The van der Waals surface area contributed by atoms with Crippen LogP contribution in [0.3, 0.4) is 0 Å². The Hall–Kier alpha value is -2.29. The highest BCUT2D eigenvalue weighted by Gasteiger charge is 2.39. The number of rotatable bonds is 8. The molecule has 0 aliphatic carbocycles. The lowest BCUT2D eigenvalue weighted by atomic mass is 10.1. The Morgan fingerprint density at radius 3 is 1.89 bits per heavy atom. The number of ether oxygens (including phenoxy) is 2. The highest BCUT2D eigenvalue weighted by atomic mass is 19.4. The molecule has 0 aliphatic heterocycles. The minimum atomic E-state index is -4.84. The van der Waals surface area contributed by atoms with Crippen molar-refractivity contribution in [2.45, 2.75) is 38.7 Å². The first-order chi connectivity index (χ1) is 13.0. The maximum Gasteiger partial charge on any atom is 0.573 e. The summed E-state index contributed by atoms with van der Waals surface area (Å²) in [5.74, 6) is -3.26. The van der Waals surface area contributed by atoms with Gasteiger partial charge in [-0.1, -0.05) is 25.5 Å². The van der Waals surface area contributed by atoms with Gasteiger partial charge in [-0.05, 0) is 48.2 Å². The maximum absolute atomic E-state index is 14.1. The second-order valence-corrected chi connectivity index (χ2v) is 5.99. The Kier molecular flexibility index (Phi) is 6.92. The van der Waals surface area contributed by atoms with E-state index in [0.717, 1.165) is 24.3 Å². The van der Waals surface area contributed by atoms with Crippen LogP contribution in [0, 0.1) is 11.6 Å². The van der Waals surface area contributed by atoms with Crippen molar-refractivity contribution in [3.63, 3.8) is 0 Å². The summed E-state index contributed by atoms with van der Waals surface area (Å²) in [6.45, 7) is 1.17. The van der Waals surface area contributed by atoms with Crippen LogP contribution in [0.15, 0.2) is 36.4 Å². The molecule has 9 heteroatoms. The summed E-state index contributed by atoms with van der Waals surface area (Å²) in [4.78, 5) is 0. The summed E-state index contributed by atoms with van der Waals surface area (Å²) in [6.07, 6.45) is -8.21. The van der Waals surface area contributed by atoms with Gasteiger partial charge in [-0.2, -0.15) is 8.78 Å². The minimum Gasteiger partial charge on any atom is -0.406 e. The standard InChI is InChI=1S/C19H17F7O2/c1-2-3-13-10-15(20)17(16(21)11-13)18(22,23)27-9-8-12-4-6-14(7-5-12)28-19(24,25)26/h4-7,10-11H,2-3,8-9H2,1H3. The number of benzene rings is 2. The van der Waals surface area contributed by atoms with Crippen molar-refractivity contribution in [3.05, 3.63) is 64.7 Å². The molecule has 0 saturated heterocycles. The number of alkyl halides is 5. The van der Waals surface area contributed by atoms with Gasteiger partial charge in [0.05, 0.1) is 6.61 Å². The molecule has 2 nitrogen and oxygen atoms in total. The van der Waals surface area contributed by atoms with Crippen molar-refractivity contribution in [1.82, 2.24) is 0 Å². The van der Waals surface area contributed by atoms with Crippen molar-refractivity contribution in [3.8, 4) is 5.75 Å². The van der Waals surface area contributed by atoms with Crippen LogP contribution in [-0.2, 0) is 23.7 Å². The summed E-state index contributed by atoms with van der Waals surface area (Å²) in [5, 5.41) is 0. The molecule has 0 spiro atoms. The summed E-state index contributed by atoms with van der Waals surface area (Å²) >= 11 is 0. The Morgan fingerprint density at radius 1 is 0.821 bits per heavy atom. The largest absolute Gasteiger partial charge is 0.573 e. The summed E-state index contributed by atoms with van der Waals surface area (Å²) in [7, 11) is 0. The second kappa shape index (κ2) is 8.81. The molecule has 0 fully saturated rings. The van der Waals surface area contributed by atoms with E-state index in [9.17, 15) is 30.7 Å². The number of hydrogen-bond acceptors (Lipinski definition) is 2. The zero-order valence-corrected chi connectivity index (χ0v) is 14.8. The van der Waals surface area contributed by atoms with E-state index < -0.39 is 42.0 Å². The van der Waals surface area contributed by atoms with Gasteiger partial charge in [0.2, 0.25) is 0 Å². The van der Waals surface area contributed by atoms with E-state index in [4.69, 9.17) is 0 Å². The van der Waals surface area contributed by atoms with E-state index in [1.807, 2.05) is 0 Å². The third-order valence-electron chi connectivity index (χ3n) is 3.76. The van der Waals surface area contributed by atoms with Crippen LogP contribution < -0.4 is 4.74 Å². The molecule has 0 bridgehead atoms. The SMILES string of the molecule is CCCc1cc(F)c(C(F)(F)OCCc2ccc(OC(F)(F)F)cc2)c(F)c1. The average molecular weight is 410 g/mol. The van der Waals surface area contributed by atoms with Gasteiger partial charge in [-0.15, -0.1) is 13.2 Å². The van der Waals surface area contributed by atoms with E-state index in [2.05, 4.69) is 9.47 Å². The van der Waals surface area contributed by atoms with Crippen molar-refractivity contribution in [2.24, 2.45) is 0 Å². The van der Waals surface area contributed by atoms with Gasteiger partial charge in [-0.3, -0.25) is 0 Å². The average Bonchev–Trinajstić information content (AvgIpc) is 2.54. The fourth-order valence-electron chi connectivity index (χ4n) is 2.56. The van der Waals surface area contributed by atoms with Gasteiger partial charge in [-0.25, -0.2) is 8.78 Å². The number of aryl methyl sites for hydroxylation is 1. The zero-order valence-electron chi connectivity index (χ0n) is 14.8. The predicted molar refractivity (Wildman–Crippen MR) is 87.0 cm³/mol. The monoisotopic (exact) mass is 410 g/mol. The lowest BCUT2D eigenvalue weighted by Crippen LogP contribution is -2.23. The van der Waals surface area contributed by atoms with Crippen LogP contribution in [-0.4, -0.2) is 13.0 Å². The van der Waals surface area contributed by atoms with Gasteiger partial charge < -0.3 is 9.47 Å². The molecule has 154 valence electrons. The normalized spacial score (nSPS) is 12.3. The maximum atomic E-state index is 14.1. The fraction of sp³-hybridized carbons (Fsp3) is 0.368. The smallest absolute Gasteiger partial charge is 0.406 e. The van der Waals surface area contributed by atoms with E-state index >= 15 is 0 Å². The third-order valence-corrected chi connectivity index (χ3v) is 3.76. The van der Waals surface area contributed by atoms with Crippen LogP contribution in [0.25, 0.3) is 0 Å². The Bertz CT molecular complexity index is 763. The molecule has 2 aromatic carbocycles. The molecular formula is C19H17F7O2. The molecule has 0 unspecified atom stereocenters. The van der Waals surface area contributed by atoms with Crippen LogP contribution in [0.5, 0.6) is 5.75 Å². The van der Waals surface area contributed by atoms with Crippen LogP contribution in [0.4, 0.5) is 30.7 Å². The number of hydrogen-bond donors (Lipinski definition) is 0. The van der Waals surface area contributed by atoms with Crippen molar-refractivity contribution < 1.29 is 40.2 Å². The third kappa shape index (κ3) is 6.12. The molecular weight excluding hydrogens is 393 g/mol. The lowest BCUT2D eigenvalue weighted by molar-refractivity contribution is -0.274. The van der Waals surface area contributed by atoms with Crippen LogP contribution in [0.1, 0.15) is 30.0 Å². The summed E-state index contributed by atoms with van der Waals surface area (Å²) < 4.78 is 100. The zero-order chi connectivity index (χ0) is 20.9. The molecule has 0 radical (unpaired) electrons. The van der Waals surface area contributed by atoms with Crippen LogP contribution in [0.2, 0.25) is 0 Å². The Labute approximate surface area is 156 Å². The summed E-state index contributed by atoms with van der Waals surface area (Å²) in [6, 6.07) is 6.21. The number of halogens is 7. The predicted octanol–water partition coefficient (Wildman–Crippen LogP) is 6.12. The second-order valence-electron chi connectivity index (χ2n) is 5.99. The van der Waals surface area contributed by atoms with Gasteiger partial charge in [0.25, 0.3) is 0 Å². The van der Waals surface area contributed by atoms with Crippen LogP contribution >= 0.6 is 0 Å². The fourth-order valence-corrected chi connectivity index (χ4v) is 2.56. The lowest BCUT2D eigenvalue weighted by Gasteiger charge is -2.19. The Balaban J connectivity index is 2.00. The Morgan fingerprint density at radius 2 is 1.39 bits per heavy atom. The highest BCUT2D eigenvalue weighted by Crippen LogP contribution is 2.34. The first kappa shape index (κ1) is 22.0. The van der Waals surface area contributed by atoms with E-state index in [1.54, 1.807) is 6.92 Å². The van der Waals surface area contributed by atoms with E-state index in [0.29, 0.717) is 18.4 Å². The van der Waals surface area contributed by atoms with Gasteiger partial charge in [0, 0.05) is 0 Å². The molecule has 0 amide bonds. The van der Waals surface area contributed by atoms with E-state index in [1.165, 1.54) is 12.1 Å². The molecule has 0 heterocycles. The molecule has 0 N–H and O–H groups in total. The molecule has 0 aromatic heterocycles. The first-order valence-corrected chi connectivity index (χ1v) is 8.36. The molecule has 0 atom stereocenters.